The SMILES string of the molecule is CCOc1cc(F)c(C(O)C(Cl)Cl)c(F)c1. The Hall–Kier alpha value is -0.580. The molecule has 2 nitrogen and oxygen atoms in total. The number of alkyl halides is 2. The molecule has 1 N–H and O–H groups in total. The highest BCUT2D eigenvalue weighted by Gasteiger charge is 2.24. The number of aliphatic hydroxyl groups is 1. The Bertz CT molecular complexity index is 349. The zero-order valence-corrected chi connectivity index (χ0v) is 9.90. The van der Waals surface area contributed by atoms with Gasteiger partial charge < -0.3 is 9.84 Å². The molecule has 0 aliphatic heterocycles. The number of halogens is 4. The molecule has 0 fully saturated rings. The Balaban J connectivity index is 3.12. The minimum Gasteiger partial charge on any atom is -0.494 e. The van der Waals surface area contributed by atoms with Gasteiger partial charge >= 0.3 is 0 Å². The average Bonchev–Trinajstić information content (AvgIpc) is 2.16. The van der Waals surface area contributed by atoms with Gasteiger partial charge in [0.25, 0.3) is 0 Å². The number of aliphatic hydroxyl groups excluding tert-OH is 1. The monoisotopic (exact) mass is 270 g/mol. The smallest absolute Gasteiger partial charge is 0.137 e. The molecule has 0 heterocycles. The van der Waals surface area contributed by atoms with Gasteiger partial charge in [0, 0.05) is 12.1 Å². The second-order valence-electron chi connectivity index (χ2n) is 3.01. The molecule has 0 bridgehead atoms. The molecule has 1 aromatic carbocycles. The van der Waals surface area contributed by atoms with Crippen molar-refractivity contribution in [3.63, 3.8) is 0 Å². The second-order valence-corrected chi connectivity index (χ2v) is 4.18. The minimum absolute atomic E-state index is 0.0501. The zero-order chi connectivity index (χ0) is 12.3. The van der Waals surface area contributed by atoms with Crippen LogP contribution in [0.5, 0.6) is 5.75 Å². The van der Waals surface area contributed by atoms with E-state index in [-0.39, 0.29) is 12.4 Å². The van der Waals surface area contributed by atoms with Gasteiger partial charge in [-0.25, -0.2) is 8.78 Å². The zero-order valence-electron chi connectivity index (χ0n) is 8.38. The number of hydrogen-bond acceptors (Lipinski definition) is 2. The van der Waals surface area contributed by atoms with Gasteiger partial charge in [0.05, 0.1) is 12.2 Å². The maximum atomic E-state index is 13.4. The van der Waals surface area contributed by atoms with Crippen LogP contribution < -0.4 is 4.74 Å². The van der Waals surface area contributed by atoms with Crippen LogP contribution in [-0.2, 0) is 0 Å². The fourth-order valence-electron chi connectivity index (χ4n) is 1.22. The van der Waals surface area contributed by atoms with Crippen LogP contribution in [0.15, 0.2) is 12.1 Å². The van der Waals surface area contributed by atoms with Crippen LogP contribution in [0.3, 0.4) is 0 Å². The lowest BCUT2D eigenvalue weighted by molar-refractivity contribution is 0.182. The predicted octanol–water partition coefficient (Wildman–Crippen LogP) is 3.20. The lowest BCUT2D eigenvalue weighted by Crippen LogP contribution is -2.11. The third-order valence-electron chi connectivity index (χ3n) is 1.90. The van der Waals surface area contributed by atoms with E-state index in [1.807, 2.05) is 0 Å². The molecule has 0 saturated carbocycles. The van der Waals surface area contributed by atoms with Gasteiger partial charge in [-0.05, 0) is 6.92 Å². The third-order valence-corrected chi connectivity index (χ3v) is 2.38. The quantitative estimate of drug-likeness (QED) is 0.852. The Kier molecular flexibility index (Phi) is 4.77. The van der Waals surface area contributed by atoms with Gasteiger partial charge in [-0.1, -0.05) is 0 Å². The van der Waals surface area contributed by atoms with Crippen molar-refractivity contribution in [3.8, 4) is 5.75 Å². The van der Waals surface area contributed by atoms with E-state index in [2.05, 4.69) is 0 Å². The van der Waals surface area contributed by atoms with Crippen molar-refractivity contribution in [2.45, 2.75) is 17.9 Å². The number of ether oxygens (including phenoxy) is 1. The van der Waals surface area contributed by atoms with E-state index in [4.69, 9.17) is 27.9 Å². The second kappa shape index (κ2) is 5.66. The van der Waals surface area contributed by atoms with E-state index in [0.717, 1.165) is 12.1 Å². The van der Waals surface area contributed by atoms with E-state index >= 15 is 0 Å². The maximum absolute atomic E-state index is 13.4. The minimum atomic E-state index is -1.61. The lowest BCUT2D eigenvalue weighted by atomic mass is 10.1. The summed E-state index contributed by atoms with van der Waals surface area (Å²) in [5, 5.41) is 9.40. The highest BCUT2D eigenvalue weighted by molar-refractivity contribution is 6.44. The van der Waals surface area contributed by atoms with Crippen molar-refractivity contribution >= 4 is 23.2 Å². The molecule has 0 amide bonds. The van der Waals surface area contributed by atoms with Crippen molar-refractivity contribution in [1.82, 2.24) is 0 Å². The van der Waals surface area contributed by atoms with Crippen LogP contribution in [0.4, 0.5) is 8.78 Å². The summed E-state index contributed by atoms with van der Waals surface area (Å²) in [6, 6.07) is 1.95. The molecule has 0 aromatic heterocycles. The summed E-state index contributed by atoms with van der Waals surface area (Å²) in [6.45, 7) is 1.97. The highest BCUT2D eigenvalue weighted by Crippen LogP contribution is 2.30. The maximum Gasteiger partial charge on any atom is 0.137 e. The Morgan fingerprint density at radius 3 is 2.19 bits per heavy atom. The topological polar surface area (TPSA) is 29.5 Å². The van der Waals surface area contributed by atoms with Crippen molar-refractivity contribution in [2.24, 2.45) is 0 Å². The largest absolute Gasteiger partial charge is 0.494 e. The fraction of sp³-hybridized carbons (Fsp3) is 0.400. The van der Waals surface area contributed by atoms with Crippen LogP contribution in [0.25, 0.3) is 0 Å². The first-order valence-electron chi connectivity index (χ1n) is 4.55. The van der Waals surface area contributed by atoms with E-state index in [1.54, 1.807) is 6.92 Å². The number of benzene rings is 1. The van der Waals surface area contributed by atoms with E-state index < -0.39 is 28.1 Å². The summed E-state index contributed by atoms with van der Waals surface area (Å²) >= 11 is 10.7. The molecular weight excluding hydrogens is 261 g/mol. The fourth-order valence-corrected chi connectivity index (χ4v) is 1.47. The molecule has 6 heteroatoms. The Morgan fingerprint density at radius 2 is 1.81 bits per heavy atom. The summed E-state index contributed by atoms with van der Waals surface area (Å²) in [5.74, 6) is -1.83. The lowest BCUT2D eigenvalue weighted by Gasteiger charge is -2.14. The van der Waals surface area contributed by atoms with Crippen LogP contribution in [0.1, 0.15) is 18.6 Å². The average molecular weight is 271 g/mol. The molecule has 0 aliphatic carbocycles. The van der Waals surface area contributed by atoms with Crippen LogP contribution in [-0.4, -0.2) is 16.5 Å². The van der Waals surface area contributed by atoms with Crippen molar-refractivity contribution < 1.29 is 18.6 Å². The summed E-state index contributed by atoms with van der Waals surface area (Å²) < 4.78 is 31.8. The molecule has 1 aromatic rings. The molecule has 0 spiro atoms. The molecule has 0 saturated heterocycles. The third kappa shape index (κ3) is 2.97. The molecular formula is C10H10Cl2F2O2. The normalized spacial score (nSPS) is 12.9. The molecule has 0 aliphatic rings. The van der Waals surface area contributed by atoms with Gasteiger partial charge in [-0.15, -0.1) is 23.2 Å². The van der Waals surface area contributed by atoms with Gasteiger partial charge in [0.15, 0.2) is 0 Å². The predicted molar refractivity (Wildman–Crippen MR) is 58.0 cm³/mol. The van der Waals surface area contributed by atoms with E-state index in [0.29, 0.717) is 0 Å². The summed E-state index contributed by atoms with van der Waals surface area (Å²) in [4.78, 5) is -1.30. The first-order chi connectivity index (χ1) is 7.47. The van der Waals surface area contributed by atoms with Crippen molar-refractivity contribution in [2.75, 3.05) is 6.61 Å². The molecule has 1 rings (SSSR count). The van der Waals surface area contributed by atoms with Crippen LogP contribution in [0.2, 0.25) is 0 Å². The Morgan fingerprint density at radius 1 is 1.31 bits per heavy atom. The molecule has 90 valence electrons. The summed E-state index contributed by atoms with van der Waals surface area (Å²) in [6.07, 6.45) is -1.61. The van der Waals surface area contributed by atoms with E-state index in [1.165, 1.54) is 0 Å². The van der Waals surface area contributed by atoms with Gasteiger partial charge in [-0.3, -0.25) is 0 Å². The van der Waals surface area contributed by atoms with Crippen LogP contribution >= 0.6 is 23.2 Å². The number of rotatable bonds is 4. The molecule has 16 heavy (non-hydrogen) atoms. The molecule has 1 unspecified atom stereocenters. The highest BCUT2D eigenvalue weighted by atomic mass is 35.5. The molecule has 1 atom stereocenters. The van der Waals surface area contributed by atoms with Crippen molar-refractivity contribution in [1.29, 1.82) is 0 Å². The summed E-state index contributed by atoms with van der Waals surface area (Å²) in [5.41, 5.74) is -0.557. The van der Waals surface area contributed by atoms with Gasteiger partial charge in [0.2, 0.25) is 0 Å². The van der Waals surface area contributed by atoms with Crippen molar-refractivity contribution in [3.05, 3.63) is 29.3 Å². The van der Waals surface area contributed by atoms with Crippen LogP contribution in [0, 0.1) is 11.6 Å². The molecule has 0 radical (unpaired) electrons. The first-order valence-corrected chi connectivity index (χ1v) is 5.42. The standard InChI is InChI=1S/C10H10Cl2F2O2/c1-2-16-5-3-6(13)8(7(14)4-5)9(15)10(11)12/h3-4,9-10,15H,2H2,1H3. The Labute approximate surface area is 102 Å². The number of hydrogen-bond donors (Lipinski definition) is 1. The van der Waals surface area contributed by atoms with Gasteiger partial charge in [0.1, 0.15) is 28.3 Å². The van der Waals surface area contributed by atoms with Gasteiger partial charge in [-0.2, -0.15) is 0 Å². The summed E-state index contributed by atoms with van der Waals surface area (Å²) in [7, 11) is 0. The first kappa shape index (κ1) is 13.5. The van der Waals surface area contributed by atoms with E-state index in [9.17, 15) is 13.9 Å².